The first-order valence-corrected chi connectivity index (χ1v) is 9.78. The van der Waals surface area contributed by atoms with Gasteiger partial charge < -0.3 is 69.3 Å². The average Bonchev–Trinajstić information content (AvgIpc) is 2.76. The van der Waals surface area contributed by atoms with Crippen LogP contribution in [0.15, 0.2) is 0 Å². The molecule has 0 aromatic heterocycles. The second kappa shape index (κ2) is 10.5. The van der Waals surface area contributed by atoms with E-state index >= 15 is 0 Å². The van der Waals surface area contributed by atoms with Gasteiger partial charge >= 0.3 is 5.97 Å². The Morgan fingerprint density at radius 2 is 1.47 bits per heavy atom. The first kappa shape index (κ1) is 25.6. The highest BCUT2D eigenvalue weighted by molar-refractivity contribution is 5.73. The van der Waals surface area contributed by atoms with Crippen molar-refractivity contribution in [2.45, 2.75) is 79.9 Å². The normalized spacial score (nSPS) is 50.2. The number of aliphatic hydroxyl groups is 7. The van der Waals surface area contributed by atoms with E-state index < -0.39 is 92.5 Å². The van der Waals surface area contributed by atoms with Crippen molar-refractivity contribution in [3.05, 3.63) is 0 Å². The molecule has 186 valence electrons. The Hall–Kier alpha value is -1.05. The van der Waals surface area contributed by atoms with Gasteiger partial charge in [0.05, 0.1) is 13.2 Å². The fourth-order valence-corrected chi connectivity index (χ4v) is 3.67. The predicted octanol–water partition coefficient (Wildman–Crippen LogP) is -5.55. The minimum absolute atomic E-state index is 0.373. The van der Waals surface area contributed by atoms with Crippen molar-refractivity contribution in [3.8, 4) is 0 Å². The lowest BCUT2D eigenvalue weighted by Crippen LogP contribution is -2.64. The number of hydrogen-bond acceptors (Lipinski definition) is 14. The van der Waals surface area contributed by atoms with Crippen molar-refractivity contribution in [1.29, 1.82) is 0 Å². The number of carboxylic acids is 1. The number of methoxy groups -OCH3 is 1. The molecule has 13 atom stereocenters. The Labute approximate surface area is 181 Å². The lowest BCUT2D eigenvalue weighted by Gasteiger charge is -2.45. The van der Waals surface area contributed by atoms with E-state index in [9.17, 15) is 45.6 Å². The summed E-state index contributed by atoms with van der Waals surface area (Å²) in [5.74, 6) is -1.51. The Morgan fingerprint density at radius 3 is 2.09 bits per heavy atom. The Kier molecular flexibility index (Phi) is 8.37. The van der Waals surface area contributed by atoms with E-state index in [4.69, 9.17) is 28.4 Å². The minimum atomic E-state index is -1.82. The molecule has 15 nitrogen and oxygen atoms in total. The summed E-state index contributed by atoms with van der Waals surface area (Å²) >= 11 is 0. The molecule has 0 aromatic carbocycles. The monoisotopic (exact) mass is 472 g/mol. The molecule has 0 radical (unpaired) electrons. The number of ether oxygens (including phenoxy) is 6. The van der Waals surface area contributed by atoms with Crippen molar-refractivity contribution >= 4 is 5.97 Å². The lowest BCUT2D eigenvalue weighted by atomic mass is 9.98. The molecule has 3 saturated heterocycles. The van der Waals surface area contributed by atoms with Crippen LogP contribution in [0.4, 0.5) is 0 Å². The van der Waals surface area contributed by atoms with Crippen LogP contribution in [0, 0.1) is 0 Å². The van der Waals surface area contributed by atoms with E-state index in [2.05, 4.69) is 0 Å². The molecule has 3 aliphatic rings. The molecule has 32 heavy (non-hydrogen) atoms. The number of aliphatic hydroxyl groups excluding tert-OH is 7. The molecule has 0 saturated carbocycles. The van der Waals surface area contributed by atoms with Crippen LogP contribution in [-0.2, 0) is 33.2 Å². The fraction of sp³-hybridized carbons (Fsp3) is 0.941. The number of aliphatic carboxylic acids is 1. The highest BCUT2D eigenvalue weighted by Gasteiger charge is 2.52. The SMILES string of the molecule is CO[C@H]1[C@H](O)[C@@H](O)[C@@H](O[C@H]2[C@H](O[C@@H]3CO[C@@H](O)[C@H](O)[C@H]3O)OC[C@@H](O)[C@@H]2O)O[C@@H]1C(=O)O. The largest absolute Gasteiger partial charge is 0.479 e. The first-order valence-electron chi connectivity index (χ1n) is 9.78. The van der Waals surface area contributed by atoms with E-state index in [-0.39, 0.29) is 6.61 Å². The van der Waals surface area contributed by atoms with Crippen LogP contribution in [0.5, 0.6) is 0 Å². The third-order valence-electron chi connectivity index (χ3n) is 5.54. The second-order valence-corrected chi connectivity index (χ2v) is 7.68. The summed E-state index contributed by atoms with van der Waals surface area (Å²) in [5, 5.41) is 79.5. The summed E-state index contributed by atoms with van der Waals surface area (Å²) in [6.45, 7) is -0.788. The van der Waals surface area contributed by atoms with Gasteiger partial charge in [0, 0.05) is 7.11 Å². The maximum Gasteiger partial charge on any atom is 0.335 e. The summed E-state index contributed by atoms with van der Waals surface area (Å²) in [7, 11) is 1.11. The van der Waals surface area contributed by atoms with Gasteiger partial charge in [-0.25, -0.2) is 4.79 Å². The van der Waals surface area contributed by atoms with E-state index in [1.54, 1.807) is 0 Å². The van der Waals surface area contributed by atoms with E-state index in [0.29, 0.717) is 0 Å². The van der Waals surface area contributed by atoms with Gasteiger partial charge in [-0.05, 0) is 0 Å². The maximum atomic E-state index is 11.5. The van der Waals surface area contributed by atoms with Gasteiger partial charge in [0.25, 0.3) is 0 Å². The zero-order valence-corrected chi connectivity index (χ0v) is 16.9. The predicted molar refractivity (Wildman–Crippen MR) is 94.6 cm³/mol. The van der Waals surface area contributed by atoms with Crippen molar-refractivity contribution in [1.82, 2.24) is 0 Å². The van der Waals surface area contributed by atoms with Gasteiger partial charge in [-0.15, -0.1) is 0 Å². The second-order valence-electron chi connectivity index (χ2n) is 7.68. The number of hydrogen-bond donors (Lipinski definition) is 8. The minimum Gasteiger partial charge on any atom is -0.479 e. The molecule has 0 bridgehead atoms. The van der Waals surface area contributed by atoms with Crippen LogP contribution in [0.1, 0.15) is 0 Å². The van der Waals surface area contributed by atoms with Crippen LogP contribution in [0.3, 0.4) is 0 Å². The van der Waals surface area contributed by atoms with Gasteiger partial charge in [-0.1, -0.05) is 0 Å². The van der Waals surface area contributed by atoms with Crippen molar-refractivity contribution in [2.24, 2.45) is 0 Å². The van der Waals surface area contributed by atoms with Crippen LogP contribution in [0.25, 0.3) is 0 Å². The van der Waals surface area contributed by atoms with Crippen LogP contribution < -0.4 is 0 Å². The van der Waals surface area contributed by atoms with Gasteiger partial charge in [0.2, 0.25) is 0 Å². The van der Waals surface area contributed by atoms with Gasteiger partial charge in [-0.2, -0.15) is 0 Å². The first-order chi connectivity index (χ1) is 15.1. The summed E-state index contributed by atoms with van der Waals surface area (Å²) in [5.41, 5.74) is 0. The standard InChI is InChI=1S/C17H28O15/c1-27-11-8(21)10(23)16(32-13(11)14(24)25)31-12-6(19)4(18)2-29-17(12)30-5-3-28-15(26)9(22)7(5)20/h4-13,15-23,26H,2-3H2,1H3,(H,24,25)/t4-,5-,6+,7+,8-,9-,10-,11+,12-,13+,15-,16+,17+/m1/s1. The Bertz CT molecular complexity index is 635. The van der Waals surface area contributed by atoms with Gasteiger partial charge in [0.15, 0.2) is 25.0 Å². The summed E-state index contributed by atoms with van der Waals surface area (Å²) in [6.07, 6.45) is -21.0. The summed E-state index contributed by atoms with van der Waals surface area (Å²) in [4.78, 5) is 11.5. The highest BCUT2D eigenvalue weighted by Crippen LogP contribution is 2.30. The van der Waals surface area contributed by atoms with Gasteiger partial charge in [0.1, 0.15) is 54.9 Å². The molecule has 3 rings (SSSR count). The van der Waals surface area contributed by atoms with Crippen molar-refractivity contribution in [3.63, 3.8) is 0 Å². The van der Waals surface area contributed by atoms with Crippen molar-refractivity contribution < 1.29 is 74.1 Å². The topological polar surface area (TPSA) is 234 Å². The molecule has 0 aliphatic carbocycles. The van der Waals surface area contributed by atoms with Crippen LogP contribution in [-0.4, -0.2) is 147 Å². The molecule has 0 unspecified atom stereocenters. The van der Waals surface area contributed by atoms with E-state index in [1.807, 2.05) is 0 Å². The lowest BCUT2D eigenvalue weighted by molar-refractivity contribution is -0.368. The molecule has 3 heterocycles. The van der Waals surface area contributed by atoms with Crippen LogP contribution >= 0.6 is 0 Å². The zero-order chi connectivity index (χ0) is 23.7. The maximum absolute atomic E-state index is 11.5. The Balaban J connectivity index is 1.75. The molecule has 3 aliphatic heterocycles. The third kappa shape index (κ3) is 5.05. The fourth-order valence-electron chi connectivity index (χ4n) is 3.67. The molecule has 0 amide bonds. The average molecular weight is 472 g/mol. The molecule has 0 spiro atoms. The molecular weight excluding hydrogens is 444 g/mol. The van der Waals surface area contributed by atoms with E-state index in [0.717, 1.165) is 7.11 Å². The molecule has 0 aromatic rings. The molecular formula is C17H28O15. The highest BCUT2D eigenvalue weighted by atomic mass is 16.8. The zero-order valence-electron chi connectivity index (χ0n) is 16.9. The quantitative estimate of drug-likeness (QED) is 0.180. The number of rotatable bonds is 6. The molecule has 15 heteroatoms. The molecule has 3 fully saturated rings. The van der Waals surface area contributed by atoms with Crippen LogP contribution in [0.2, 0.25) is 0 Å². The van der Waals surface area contributed by atoms with E-state index in [1.165, 1.54) is 0 Å². The third-order valence-corrected chi connectivity index (χ3v) is 5.54. The van der Waals surface area contributed by atoms with Crippen molar-refractivity contribution in [2.75, 3.05) is 20.3 Å². The summed E-state index contributed by atoms with van der Waals surface area (Å²) < 4.78 is 31.2. The van der Waals surface area contributed by atoms with Gasteiger partial charge in [-0.3, -0.25) is 0 Å². The molecule has 8 N–H and O–H groups in total. The number of carboxylic acid groups (broad SMARTS) is 1. The number of carbonyl (C=O) groups is 1. The Morgan fingerprint density at radius 1 is 0.781 bits per heavy atom. The summed E-state index contributed by atoms with van der Waals surface area (Å²) in [6, 6.07) is 0. The smallest absolute Gasteiger partial charge is 0.335 e.